The van der Waals surface area contributed by atoms with Gasteiger partial charge in [0.1, 0.15) is 5.82 Å². The Balaban J connectivity index is 1.19. The first-order chi connectivity index (χ1) is 24.0. The second kappa shape index (κ2) is 13.2. The van der Waals surface area contributed by atoms with Crippen LogP contribution in [0.4, 0.5) is 28.8 Å². The van der Waals surface area contributed by atoms with E-state index >= 15 is 0 Å². The van der Waals surface area contributed by atoms with Crippen LogP contribution in [0.2, 0.25) is 5.02 Å². The van der Waals surface area contributed by atoms with Gasteiger partial charge >= 0.3 is 0 Å². The average molecular weight is 667 g/mol. The number of fused-ring (bicyclic) bond motifs is 3. The van der Waals surface area contributed by atoms with E-state index in [1.54, 1.807) is 0 Å². The van der Waals surface area contributed by atoms with Crippen molar-refractivity contribution in [2.75, 3.05) is 41.9 Å². The maximum atomic E-state index is 6.64. The highest BCUT2D eigenvalue weighted by Gasteiger charge is 2.44. The van der Waals surface area contributed by atoms with Gasteiger partial charge in [-0.05, 0) is 60.0 Å². The van der Waals surface area contributed by atoms with Gasteiger partial charge in [-0.15, -0.1) is 0 Å². The van der Waals surface area contributed by atoms with Gasteiger partial charge in [-0.1, -0.05) is 102 Å². The molecule has 1 aromatic heterocycles. The molecule has 246 valence electrons. The number of nitrogens with one attached hydrogen (secondary N) is 1. The Morgan fingerprint density at radius 1 is 0.776 bits per heavy atom. The summed E-state index contributed by atoms with van der Waals surface area (Å²) in [5.74, 6) is 1.43. The summed E-state index contributed by atoms with van der Waals surface area (Å²) in [6.07, 6.45) is 0. The van der Waals surface area contributed by atoms with Crippen molar-refractivity contribution in [1.82, 2.24) is 14.9 Å². The molecule has 0 radical (unpaired) electrons. The van der Waals surface area contributed by atoms with E-state index in [9.17, 15) is 0 Å². The summed E-state index contributed by atoms with van der Waals surface area (Å²) < 4.78 is 5.98. The molecule has 5 aromatic carbocycles. The molecule has 0 saturated carbocycles. The third kappa shape index (κ3) is 6.21. The topological polar surface area (TPSA) is 56.8 Å². The van der Waals surface area contributed by atoms with Crippen LogP contribution in [-0.4, -0.2) is 47.2 Å². The average Bonchev–Trinajstić information content (AvgIpc) is 3.22. The predicted molar refractivity (Wildman–Crippen MR) is 200 cm³/mol. The number of anilines is 5. The summed E-state index contributed by atoms with van der Waals surface area (Å²) in [5.41, 5.74) is 8.70. The number of benzene rings is 5. The highest BCUT2D eigenvalue weighted by Crippen LogP contribution is 2.44. The fraction of sp³-hybridized carbons (Fsp3) is 0.220. The van der Waals surface area contributed by atoms with E-state index in [0.29, 0.717) is 37.3 Å². The van der Waals surface area contributed by atoms with Gasteiger partial charge in [-0.3, -0.25) is 4.90 Å². The number of halogens is 1. The van der Waals surface area contributed by atoms with Crippen molar-refractivity contribution < 1.29 is 4.74 Å². The van der Waals surface area contributed by atoms with Crippen molar-refractivity contribution in [2.24, 2.45) is 0 Å². The summed E-state index contributed by atoms with van der Waals surface area (Å²) in [6.45, 7) is 6.28. The van der Waals surface area contributed by atoms with Gasteiger partial charge in [0.15, 0.2) is 0 Å². The minimum absolute atomic E-state index is 0.225. The number of hydrogen-bond acceptors (Lipinski definition) is 7. The summed E-state index contributed by atoms with van der Waals surface area (Å²) in [6, 6.07) is 42.3. The summed E-state index contributed by atoms with van der Waals surface area (Å²) in [5, 5.41) is 5.50. The summed E-state index contributed by atoms with van der Waals surface area (Å²) in [4.78, 5) is 17.4. The zero-order valence-corrected chi connectivity index (χ0v) is 28.6. The molecule has 0 bridgehead atoms. The zero-order valence-electron chi connectivity index (χ0n) is 27.8. The van der Waals surface area contributed by atoms with Gasteiger partial charge in [-0.25, -0.2) is 4.98 Å². The minimum atomic E-state index is -0.225. The molecule has 3 heterocycles. The van der Waals surface area contributed by atoms with Gasteiger partial charge < -0.3 is 19.9 Å². The van der Waals surface area contributed by atoms with Gasteiger partial charge in [0.05, 0.1) is 42.2 Å². The highest BCUT2D eigenvalue weighted by atomic mass is 35.5. The van der Waals surface area contributed by atoms with Crippen LogP contribution in [0.5, 0.6) is 0 Å². The van der Waals surface area contributed by atoms with Crippen molar-refractivity contribution >= 4 is 51.3 Å². The molecule has 2 aliphatic rings. The van der Waals surface area contributed by atoms with Crippen molar-refractivity contribution in [3.63, 3.8) is 0 Å². The number of aryl methyl sites for hydroxylation is 1. The third-order valence-electron chi connectivity index (χ3n) is 9.78. The van der Waals surface area contributed by atoms with E-state index < -0.39 is 0 Å². The van der Waals surface area contributed by atoms with Crippen LogP contribution in [-0.2, 0) is 24.4 Å². The van der Waals surface area contributed by atoms with Crippen molar-refractivity contribution in [3.05, 3.63) is 149 Å². The number of nitrogens with zero attached hydrogens (tertiary/aromatic N) is 5. The standard InChI is InChI=1S/C41H39ClN6O/c1-29-17-19-35-34(21-29)39(43-26-41(27-49-28-41)47(23-30-11-5-3-6-12-30)24-31-13-7-4-8-14-31)45-40(44-35)48-25-32-15-9-10-16-36(32)46(2)37-20-18-33(42)22-38(37)48/h3-22H,23-28H2,1-2H3,(H,43,44,45). The number of hydrogen-bond donors (Lipinski definition) is 1. The first kappa shape index (κ1) is 31.3. The lowest BCUT2D eigenvalue weighted by Gasteiger charge is -2.50. The Morgan fingerprint density at radius 3 is 2.16 bits per heavy atom. The fourth-order valence-electron chi connectivity index (χ4n) is 7.00. The molecule has 1 N–H and O–H groups in total. The van der Waals surface area contributed by atoms with E-state index in [0.717, 1.165) is 52.4 Å². The molecule has 2 aliphatic heterocycles. The second-order valence-corrected chi connectivity index (χ2v) is 13.6. The monoisotopic (exact) mass is 666 g/mol. The van der Waals surface area contributed by atoms with Crippen molar-refractivity contribution in [2.45, 2.75) is 32.1 Å². The molecule has 8 rings (SSSR count). The SMILES string of the molecule is Cc1ccc2nc(N3Cc4ccccc4N(C)c4ccc(Cl)cc43)nc(NCC3(N(Cc4ccccc4)Cc4ccccc4)COC3)c2c1. The van der Waals surface area contributed by atoms with E-state index in [-0.39, 0.29) is 5.54 Å². The number of ether oxygens (including phenoxy) is 1. The number of para-hydroxylation sites is 1. The van der Waals surface area contributed by atoms with Gasteiger partial charge in [0.2, 0.25) is 5.95 Å². The maximum absolute atomic E-state index is 6.64. The molecule has 1 fully saturated rings. The van der Waals surface area contributed by atoms with Crippen LogP contribution in [0.15, 0.2) is 121 Å². The Labute approximate surface area is 292 Å². The molecule has 0 spiro atoms. The van der Waals surface area contributed by atoms with Crippen molar-refractivity contribution in [3.8, 4) is 0 Å². The molecule has 6 aromatic rings. The van der Waals surface area contributed by atoms with Crippen LogP contribution < -0.4 is 15.1 Å². The maximum Gasteiger partial charge on any atom is 0.232 e. The lowest BCUT2D eigenvalue weighted by molar-refractivity contribution is -0.140. The summed E-state index contributed by atoms with van der Waals surface area (Å²) >= 11 is 6.64. The smallest absolute Gasteiger partial charge is 0.232 e. The Bertz CT molecular complexity index is 2060. The molecule has 0 aliphatic carbocycles. The molecule has 8 heteroatoms. The zero-order chi connectivity index (χ0) is 33.4. The first-order valence-electron chi connectivity index (χ1n) is 16.8. The lowest BCUT2D eigenvalue weighted by atomic mass is 9.92. The molecule has 0 atom stereocenters. The molecular formula is C41H39ClN6O. The van der Waals surface area contributed by atoms with Crippen molar-refractivity contribution in [1.29, 1.82) is 0 Å². The van der Waals surface area contributed by atoms with E-state index in [2.05, 4.69) is 143 Å². The van der Waals surface area contributed by atoms with Gasteiger partial charge in [0, 0.05) is 42.8 Å². The first-order valence-corrected chi connectivity index (χ1v) is 17.2. The second-order valence-electron chi connectivity index (χ2n) is 13.2. The highest BCUT2D eigenvalue weighted by molar-refractivity contribution is 6.31. The minimum Gasteiger partial charge on any atom is -0.377 e. The van der Waals surface area contributed by atoms with Gasteiger partial charge in [0.25, 0.3) is 0 Å². The third-order valence-corrected chi connectivity index (χ3v) is 10.0. The lowest BCUT2D eigenvalue weighted by Crippen LogP contribution is -2.65. The molecule has 49 heavy (non-hydrogen) atoms. The van der Waals surface area contributed by atoms with Crippen LogP contribution in [0.1, 0.15) is 22.3 Å². The van der Waals surface area contributed by atoms with E-state index in [4.69, 9.17) is 26.3 Å². The van der Waals surface area contributed by atoms with Crippen LogP contribution in [0, 0.1) is 6.92 Å². The predicted octanol–water partition coefficient (Wildman–Crippen LogP) is 8.89. The largest absolute Gasteiger partial charge is 0.377 e. The quantitative estimate of drug-likeness (QED) is 0.165. The summed E-state index contributed by atoms with van der Waals surface area (Å²) in [7, 11) is 2.10. The van der Waals surface area contributed by atoms with Crippen LogP contribution >= 0.6 is 11.6 Å². The van der Waals surface area contributed by atoms with Crippen LogP contribution in [0.25, 0.3) is 10.9 Å². The van der Waals surface area contributed by atoms with E-state index in [1.165, 1.54) is 16.7 Å². The normalized spacial score (nSPS) is 15.0. The Hall–Kier alpha value is -4.95. The van der Waals surface area contributed by atoms with Crippen LogP contribution in [0.3, 0.4) is 0 Å². The molecule has 7 nitrogen and oxygen atoms in total. The number of rotatable bonds is 9. The van der Waals surface area contributed by atoms with E-state index in [1.807, 2.05) is 12.1 Å². The Morgan fingerprint density at radius 2 is 1.47 bits per heavy atom. The number of aromatic nitrogens is 2. The van der Waals surface area contributed by atoms with Gasteiger partial charge in [-0.2, -0.15) is 4.98 Å². The fourth-order valence-corrected chi connectivity index (χ4v) is 7.17. The molecular weight excluding hydrogens is 628 g/mol. The molecule has 0 unspecified atom stereocenters. The molecule has 0 amide bonds. The Kier molecular flexibility index (Phi) is 8.41. The molecule has 1 saturated heterocycles.